The first-order valence-corrected chi connectivity index (χ1v) is 6.86. The van der Waals surface area contributed by atoms with Crippen LogP contribution < -0.4 is 5.32 Å². The van der Waals surface area contributed by atoms with Crippen molar-refractivity contribution in [3.05, 3.63) is 29.3 Å². The smallest absolute Gasteiger partial charge is 0.340 e. The van der Waals surface area contributed by atoms with E-state index in [9.17, 15) is 9.59 Å². The molecule has 1 atom stereocenters. The number of ether oxygens (including phenoxy) is 1. The summed E-state index contributed by atoms with van der Waals surface area (Å²) in [6.07, 6.45) is 0.383. The summed E-state index contributed by atoms with van der Waals surface area (Å²) in [5, 5.41) is 2.72. The molecule has 1 saturated carbocycles. The van der Waals surface area contributed by atoms with Crippen molar-refractivity contribution in [3.8, 4) is 0 Å². The van der Waals surface area contributed by atoms with E-state index in [0.717, 1.165) is 5.56 Å². The number of hydrogen-bond acceptors (Lipinski definition) is 3. The number of halogens is 2. The fourth-order valence-electron chi connectivity index (χ4n) is 2.05. The number of rotatable bonds is 3. The number of hydrogen-bond donors (Lipinski definition) is 1. The van der Waals surface area contributed by atoms with E-state index in [1.807, 2.05) is 0 Å². The minimum absolute atomic E-state index is 0.307. The zero-order chi connectivity index (χ0) is 15.1. The lowest BCUT2D eigenvalue weighted by molar-refractivity contribution is -0.120. The molecule has 6 heteroatoms. The van der Waals surface area contributed by atoms with Crippen molar-refractivity contribution >= 4 is 40.8 Å². The first-order valence-electron chi connectivity index (χ1n) is 6.10. The number of benzene rings is 1. The summed E-state index contributed by atoms with van der Waals surface area (Å²) in [6, 6.07) is 5.17. The van der Waals surface area contributed by atoms with Crippen LogP contribution >= 0.6 is 23.2 Å². The zero-order valence-corrected chi connectivity index (χ0v) is 12.9. The minimum atomic E-state index is -1.05. The van der Waals surface area contributed by atoms with Gasteiger partial charge in [-0.1, -0.05) is 12.1 Å². The molecule has 1 unspecified atom stereocenters. The van der Waals surface area contributed by atoms with E-state index in [4.69, 9.17) is 27.9 Å². The highest BCUT2D eigenvalue weighted by Crippen LogP contribution is 2.64. The van der Waals surface area contributed by atoms with Gasteiger partial charge >= 0.3 is 5.97 Å². The average Bonchev–Trinajstić information content (AvgIpc) is 2.89. The lowest BCUT2D eigenvalue weighted by Crippen LogP contribution is -2.27. The Labute approximate surface area is 127 Å². The number of aryl methyl sites for hydroxylation is 1. The molecule has 0 heterocycles. The Morgan fingerprint density at radius 3 is 2.45 bits per heavy atom. The molecule has 0 spiro atoms. The van der Waals surface area contributed by atoms with Gasteiger partial charge in [0.25, 0.3) is 0 Å². The molecule has 0 aromatic heterocycles. The Balaban J connectivity index is 2.29. The van der Waals surface area contributed by atoms with Crippen molar-refractivity contribution in [2.75, 3.05) is 12.4 Å². The van der Waals surface area contributed by atoms with Gasteiger partial charge in [-0.2, -0.15) is 0 Å². The maximum Gasteiger partial charge on any atom is 0.340 e. The molecule has 1 aromatic rings. The van der Waals surface area contributed by atoms with Crippen molar-refractivity contribution in [1.29, 1.82) is 0 Å². The highest BCUT2D eigenvalue weighted by atomic mass is 35.5. The molecule has 1 N–H and O–H groups in total. The average molecular weight is 316 g/mol. The van der Waals surface area contributed by atoms with E-state index in [0.29, 0.717) is 17.7 Å². The molecule has 0 radical (unpaired) electrons. The van der Waals surface area contributed by atoms with E-state index >= 15 is 0 Å². The highest BCUT2D eigenvalue weighted by molar-refractivity contribution is 6.53. The second-order valence-electron chi connectivity index (χ2n) is 5.16. The van der Waals surface area contributed by atoms with Gasteiger partial charge in [-0.05, 0) is 31.9 Å². The third kappa shape index (κ3) is 2.38. The van der Waals surface area contributed by atoms with Gasteiger partial charge in [0.15, 0.2) is 0 Å². The largest absolute Gasteiger partial charge is 0.465 e. The van der Waals surface area contributed by atoms with E-state index < -0.39 is 15.7 Å². The normalized spacial score (nSPS) is 23.1. The summed E-state index contributed by atoms with van der Waals surface area (Å²) in [5.41, 5.74) is 0.618. The van der Waals surface area contributed by atoms with E-state index in [1.165, 1.54) is 7.11 Å². The van der Waals surface area contributed by atoms with Crippen molar-refractivity contribution in [1.82, 2.24) is 0 Å². The molecule has 0 aliphatic heterocycles. The third-order valence-electron chi connectivity index (χ3n) is 3.67. The topological polar surface area (TPSA) is 55.4 Å². The molecule has 20 heavy (non-hydrogen) atoms. The summed E-state index contributed by atoms with van der Waals surface area (Å²) < 4.78 is 3.69. The summed E-state index contributed by atoms with van der Waals surface area (Å²) in [7, 11) is 1.30. The number of carbonyl (C=O) groups excluding carboxylic acids is 2. The molecule has 0 bridgehead atoms. The van der Waals surface area contributed by atoms with Crippen LogP contribution in [0.3, 0.4) is 0 Å². The van der Waals surface area contributed by atoms with E-state index in [-0.39, 0.29) is 5.91 Å². The van der Waals surface area contributed by atoms with Gasteiger partial charge in [0, 0.05) is 0 Å². The molecule has 2 rings (SSSR count). The third-order valence-corrected chi connectivity index (χ3v) is 4.77. The van der Waals surface area contributed by atoms with Crippen LogP contribution in [-0.2, 0) is 9.53 Å². The highest BCUT2D eigenvalue weighted by Gasteiger charge is 2.67. The SMILES string of the molecule is COC(=O)c1c(C)cccc1NC(=O)C1(C)CC1(Cl)Cl. The van der Waals surface area contributed by atoms with E-state index in [2.05, 4.69) is 5.32 Å². The van der Waals surface area contributed by atoms with Crippen molar-refractivity contribution < 1.29 is 14.3 Å². The van der Waals surface area contributed by atoms with Crippen LogP contribution in [0.2, 0.25) is 0 Å². The first kappa shape index (κ1) is 15.1. The molecular weight excluding hydrogens is 301 g/mol. The van der Waals surface area contributed by atoms with Gasteiger partial charge in [-0.25, -0.2) is 4.79 Å². The van der Waals surface area contributed by atoms with Gasteiger partial charge in [-0.15, -0.1) is 23.2 Å². The summed E-state index contributed by atoms with van der Waals surface area (Å²) in [4.78, 5) is 24.1. The molecule has 1 amide bonds. The summed E-state index contributed by atoms with van der Waals surface area (Å²) in [6.45, 7) is 3.46. The molecule has 1 aliphatic carbocycles. The van der Waals surface area contributed by atoms with Crippen molar-refractivity contribution in [2.24, 2.45) is 5.41 Å². The number of amides is 1. The molecular formula is C14H15Cl2NO3. The summed E-state index contributed by atoms with van der Waals surface area (Å²) in [5.74, 6) is -0.805. The first-order chi connectivity index (χ1) is 9.23. The Morgan fingerprint density at radius 2 is 1.95 bits per heavy atom. The predicted octanol–water partition coefficient (Wildman–Crippen LogP) is 3.30. The minimum Gasteiger partial charge on any atom is -0.465 e. The van der Waals surface area contributed by atoms with Crippen molar-refractivity contribution in [2.45, 2.75) is 24.6 Å². The van der Waals surface area contributed by atoms with Gasteiger partial charge in [0.1, 0.15) is 4.33 Å². The Bertz CT molecular complexity index is 586. The van der Waals surface area contributed by atoms with Gasteiger partial charge in [0.2, 0.25) is 5.91 Å². The molecule has 1 aliphatic rings. The fraction of sp³-hybridized carbons (Fsp3) is 0.429. The molecule has 0 saturated heterocycles. The predicted molar refractivity (Wildman–Crippen MR) is 78.3 cm³/mol. The van der Waals surface area contributed by atoms with Crippen LogP contribution in [0, 0.1) is 12.3 Å². The zero-order valence-electron chi connectivity index (χ0n) is 11.4. The van der Waals surface area contributed by atoms with Crippen LogP contribution in [0.25, 0.3) is 0 Å². The monoisotopic (exact) mass is 315 g/mol. The molecule has 1 aromatic carbocycles. The lowest BCUT2D eigenvalue weighted by atomic mass is 10.0. The quantitative estimate of drug-likeness (QED) is 0.687. The Kier molecular flexibility index (Phi) is 3.73. The number of nitrogens with one attached hydrogen (secondary N) is 1. The molecule has 4 nitrogen and oxygen atoms in total. The van der Waals surface area contributed by atoms with Crippen molar-refractivity contribution in [3.63, 3.8) is 0 Å². The number of alkyl halides is 2. The Hall–Kier alpha value is -1.26. The Morgan fingerprint density at radius 1 is 1.35 bits per heavy atom. The van der Waals surface area contributed by atoms with Crippen LogP contribution in [-0.4, -0.2) is 23.3 Å². The van der Waals surface area contributed by atoms with Crippen LogP contribution in [0.15, 0.2) is 18.2 Å². The standard InChI is InChI=1S/C14H15Cl2NO3/c1-8-5-4-6-9(10(8)11(18)20-3)17-12(19)13(2)7-14(13,15)16/h4-6H,7H2,1-3H3,(H,17,19). The number of methoxy groups -OCH3 is 1. The van der Waals surface area contributed by atoms with Gasteiger partial charge < -0.3 is 10.1 Å². The molecule has 1 fully saturated rings. The number of anilines is 1. The lowest BCUT2D eigenvalue weighted by Gasteiger charge is -2.16. The van der Waals surface area contributed by atoms with Crippen LogP contribution in [0.4, 0.5) is 5.69 Å². The number of esters is 1. The van der Waals surface area contributed by atoms with Crippen LogP contribution in [0.5, 0.6) is 0 Å². The maximum atomic E-state index is 12.3. The fourth-order valence-corrected chi connectivity index (χ4v) is 2.76. The van der Waals surface area contributed by atoms with Gasteiger partial charge in [0.05, 0.1) is 23.8 Å². The molecule has 108 valence electrons. The van der Waals surface area contributed by atoms with Gasteiger partial charge in [-0.3, -0.25) is 4.79 Å². The second-order valence-corrected chi connectivity index (χ2v) is 6.64. The van der Waals surface area contributed by atoms with Crippen LogP contribution in [0.1, 0.15) is 29.3 Å². The summed E-state index contributed by atoms with van der Waals surface area (Å²) >= 11 is 12.0. The number of carbonyl (C=O) groups is 2. The maximum absolute atomic E-state index is 12.3. The second kappa shape index (κ2) is 4.93. The van der Waals surface area contributed by atoms with E-state index in [1.54, 1.807) is 32.0 Å².